The Kier molecular flexibility index (Phi) is 3.47. The zero-order chi connectivity index (χ0) is 11.5. The minimum Gasteiger partial charge on any atom is -0.493 e. The summed E-state index contributed by atoms with van der Waals surface area (Å²) >= 11 is 3.45. The number of fused-ring (bicyclic) bond motifs is 1. The van der Waals surface area contributed by atoms with Crippen LogP contribution < -0.4 is 4.74 Å². The molecule has 1 unspecified atom stereocenters. The molecule has 0 bridgehead atoms. The lowest BCUT2D eigenvalue weighted by Crippen LogP contribution is -2.07. The lowest BCUT2D eigenvalue weighted by Gasteiger charge is -2.11. The van der Waals surface area contributed by atoms with E-state index in [-0.39, 0.29) is 12.5 Å². The largest absolute Gasteiger partial charge is 0.493 e. The van der Waals surface area contributed by atoms with Gasteiger partial charge in [-0.05, 0) is 29.7 Å². The highest BCUT2D eigenvalue weighted by Gasteiger charge is 2.19. The summed E-state index contributed by atoms with van der Waals surface area (Å²) in [6, 6.07) is 6.10. The van der Waals surface area contributed by atoms with E-state index in [1.165, 1.54) is 5.56 Å². The summed E-state index contributed by atoms with van der Waals surface area (Å²) in [7, 11) is 0. The Balaban J connectivity index is 2.31. The summed E-state index contributed by atoms with van der Waals surface area (Å²) < 4.78 is 6.56. The molecule has 0 radical (unpaired) electrons. The summed E-state index contributed by atoms with van der Waals surface area (Å²) in [6.07, 6.45) is 1.45. The molecule has 0 saturated heterocycles. The van der Waals surface area contributed by atoms with Crippen LogP contribution in [-0.2, 0) is 12.8 Å². The molecule has 0 aliphatic carbocycles. The molecule has 1 N–H and O–H groups in total. The van der Waals surface area contributed by atoms with Crippen molar-refractivity contribution in [1.82, 2.24) is 0 Å². The zero-order valence-corrected chi connectivity index (χ0v) is 10.3. The van der Waals surface area contributed by atoms with Gasteiger partial charge in [-0.15, -0.1) is 0 Å². The molecule has 84 valence electrons. The Hall–Kier alpha value is -1.05. The molecule has 0 amide bonds. The van der Waals surface area contributed by atoms with Crippen molar-refractivity contribution in [2.45, 2.75) is 12.8 Å². The second kappa shape index (κ2) is 4.86. The highest BCUT2D eigenvalue weighted by Crippen LogP contribution is 2.34. The van der Waals surface area contributed by atoms with E-state index >= 15 is 0 Å². The Morgan fingerprint density at radius 2 is 2.38 bits per heavy atom. The first-order chi connectivity index (χ1) is 7.74. The van der Waals surface area contributed by atoms with E-state index in [2.05, 4.69) is 22.0 Å². The van der Waals surface area contributed by atoms with Crippen LogP contribution in [0.25, 0.3) is 0 Å². The number of hydrogen-bond donors (Lipinski definition) is 1. The monoisotopic (exact) mass is 281 g/mol. The van der Waals surface area contributed by atoms with Crippen molar-refractivity contribution in [3.05, 3.63) is 27.7 Å². The van der Waals surface area contributed by atoms with Crippen LogP contribution in [0.1, 0.15) is 11.1 Å². The summed E-state index contributed by atoms with van der Waals surface area (Å²) in [6.45, 7) is 0.590. The van der Waals surface area contributed by atoms with Crippen molar-refractivity contribution >= 4 is 15.9 Å². The maximum atomic E-state index is 9.03. The molecule has 1 aromatic rings. The third-order valence-electron chi connectivity index (χ3n) is 2.69. The van der Waals surface area contributed by atoms with Gasteiger partial charge in [0.2, 0.25) is 0 Å². The third kappa shape index (κ3) is 2.21. The summed E-state index contributed by atoms with van der Waals surface area (Å²) in [5, 5.41) is 17.9. The number of aliphatic hydroxyl groups is 1. The zero-order valence-electron chi connectivity index (χ0n) is 8.74. The van der Waals surface area contributed by atoms with Crippen LogP contribution in [-0.4, -0.2) is 18.3 Å². The Morgan fingerprint density at radius 1 is 1.56 bits per heavy atom. The molecular weight excluding hydrogens is 270 g/mol. The van der Waals surface area contributed by atoms with Crippen LogP contribution in [0, 0.1) is 17.2 Å². The van der Waals surface area contributed by atoms with E-state index in [4.69, 9.17) is 15.1 Å². The predicted molar refractivity (Wildman–Crippen MR) is 63.2 cm³/mol. The average molecular weight is 282 g/mol. The second-order valence-corrected chi connectivity index (χ2v) is 4.78. The number of hydrogen-bond acceptors (Lipinski definition) is 3. The van der Waals surface area contributed by atoms with Gasteiger partial charge in [0.1, 0.15) is 5.75 Å². The fourth-order valence-corrected chi connectivity index (χ4v) is 2.47. The molecule has 0 saturated carbocycles. The summed E-state index contributed by atoms with van der Waals surface area (Å²) in [4.78, 5) is 0. The van der Waals surface area contributed by atoms with Crippen molar-refractivity contribution in [3.8, 4) is 11.8 Å². The van der Waals surface area contributed by atoms with Gasteiger partial charge in [0, 0.05) is 10.9 Å². The lowest BCUT2D eigenvalue weighted by molar-refractivity contribution is 0.254. The molecule has 1 atom stereocenters. The van der Waals surface area contributed by atoms with Gasteiger partial charge in [-0.25, -0.2) is 0 Å². The molecule has 1 aliphatic rings. The molecule has 0 spiro atoms. The number of rotatable bonds is 3. The van der Waals surface area contributed by atoms with Crippen LogP contribution in [0.5, 0.6) is 5.75 Å². The average Bonchev–Trinajstić information content (AvgIpc) is 2.73. The molecule has 4 heteroatoms. The van der Waals surface area contributed by atoms with Crippen molar-refractivity contribution in [2.24, 2.45) is 5.92 Å². The molecule has 0 aromatic heterocycles. The van der Waals surface area contributed by atoms with Gasteiger partial charge in [-0.1, -0.05) is 15.9 Å². The number of aliphatic hydroxyl groups excluding tert-OH is 1. The Morgan fingerprint density at radius 3 is 3.06 bits per heavy atom. The third-order valence-corrected chi connectivity index (χ3v) is 3.15. The van der Waals surface area contributed by atoms with Crippen molar-refractivity contribution in [3.63, 3.8) is 0 Å². The number of benzene rings is 1. The number of ether oxygens (including phenoxy) is 1. The van der Waals surface area contributed by atoms with Gasteiger partial charge in [-0.2, -0.15) is 5.26 Å². The van der Waals surface area contributed by atoms with Gasteiger partial charge in [0.15, 0.2) is 0 Å². The summed E-state index contributed by atoms with van der Waals surface area (Å²) in [5.41, 5.74) is 2.18. The van der Waals surface area contributed by atoms with Crippen LogP contribution in [0.2, 0.25) is 0 Å². The van der Waals surface area contributed by atoms with E-state index in [1.807, 2.05) is 12.1 Å². The maximum absolute atomic E-state index is 9.03. The SMILES string of the molecule is N#CC(CO)Cc1cc(Br)cc2c1OCC2. The molecule has 3 nitrogen and oxygen atoms in total. The van der Waals surface area contributed by atoms with Gasteiger partial charge < -0.3 is 9.84 Å². The minimum atomic E-state index is -0.359. The van der Waals surface area contributed by atoms with Gasteiger partial charge in [0.05, 0.1) is 25.2 Å². The Labute approximate surface area is 103 Å². The topological polar surface area (TPSA) is 53.2 Å². The van der Waals surface area contributed by atoms with Gasteiger partial charge >= 0.3 is 0 Å². The van der Waals surface area contributed by atoms with E-state index in [9.17, 15) is 0 Å². The fourth-order valence-electron chi connectivity index (χ4n) is 1.91. The van der Waals surface area contributed by atoms with Crippen LogP contribution in [0.4, 0.5) is 0 Å². The normalized spacial score (nSPS) is 15.1. The smallest absolute Gasteiger partial charge is 0.125 e. The molecule has 0 fully saturated rings. The van der Waals surface area contributed by atoms with E-state index in [0.717, 1.165) is 22.2 Å². The van der Waals surface area contributed by atoms with E-state index in [1.54, 1.807) is 0 Å². The highest BCUT2D eigenvalue weighted by molar-refractivity contribution is 9.10. The van der Waals surface area contributed by atoms with Crippen LogP contribution in [0.15, 0.2) is 16.6 Å². The minimum absolute atomic E-state index is 0.113. The van der Waals surface area contributed by atoms with Crippen LogP contribution in [0.3, 0.4) is 0 Å². The quantitative estimate of drug-likeness (QED) is 0.923. The van der Waals surface area contributed by atoms with Crippen molar-refractivity contribution < 1.29 is 9.84 Å². The standard InChI is InChI=1S/C12H12BrNO2/c13-11-4-9-1-2-16-12(9)10(5-11)3-8(6-14)7-15/h4-5,8,15H,1-3,7H2. The van der Waals surface area contributed by atoms with Crippen molar-refractivity contribution in [1.29, 1.82) is 5.26 Å². The number of nitriles is 1. The number of halogens is 1. The first-order valence-corrected chi connectivity index (χ1v) is 5.98. The molecule has 2 rings (SSSR count). The molecule has 1 heterocycles. The molecule has 1 aliphatic heterocycles. The maximum Gasteiger partial charge on any atom is 0.125 e. The van der Waals surface area contributed by atoms with E-state index in [0.29, 0.717) is 13.0 Å². The molecule has 1 aromatic carbocycles. The van der Waals surface area contributed by atoms with E-state index < -0.39 is 0 Å². The fraction of sp³-hybridized carbons (Fsp3) is 0.417. The Bertz CT molecular complexity index is 439. The van der Waals surface area contributed by atoms with Gasteiger partial charge in [-0.3, -0.25) is 0 Å². The molecular formula is C12H12BrNO2. The molecule has 16 heavy (non-hydrogen) atoms. The first kappa shape index (κ1) is 11.4. The lowest BCUT2D eigenvalue weighted by atomic mass is 9.98. The second-order valence-electron chi connectivity index (χ2n) is 3.86. The van der Waals surface area contributed by atoms with Crippen molar-refractivity contribution in [2.75, 3.05) is 13.2 Å². The number of nitrogens with zero attached hydrogens (tertiary/aromatic N) is 1. The van der Waals surface area contributed by atoms with Crippen LogP contribution >= 0.6 is 15.9 Å². The summed E-state index contributed by atoms with van der Waals surface area (Å²) in [5.74, 6) is 0.541. The predicted octanol–water partition coefficient (Wildman–Crippen LogP) is 2.06. The highest BCUT2D eigenvalue weighted by atomic mass is 79.9. The first-order valence-electron chi connectivity index (χ1n) is 5.19. The van der Waals surface area contributed by atoms with Gasteiger partial charge in [0.25, 0.3) is 0 Å².